The van der Waals surface area contributed by atoms with Crippen molar-refractivity contribution < 1.29 is 0 Å². The molecule has 0 aliphatic rings. The first-order valence-electron chi connectivity index (χ1n) is 17.2. The van der Waals surface area contributed by atoms with Crippen molar-refractivity contribution in [1.82, 2.24) is 9.13 Å². The van der Waals surface area contributed by atoms with Crippen LogP contribution in [-0.2, 0) is 0 Å². The summed E-state index contributed by atoms with van der Waals surface area (Å²) in [5.41, 5.74) is 14.4. The summed E-state index contributed by atoms with van der Waals surface area (Å²) < 4.78 is 4.87. The van der Waals surface area contributed by atoms with Crippen molar-refractivity contribution in [3.8, 4) is 44.8 Å². The van der Waals surface area contributed by atoms with Crippen LogP contribution in [0.1, 0.15) is 0 Å². The zero-order valence-electron chi connectivity index (χ0n) is 27.4. The summed E-state index contributed by atoms with van der Waals surface area (Å²) in [6.45, 7) is 0. The molecule has 0 bridgehead atoms. The van der Waals surface area contributed by atoms with Crippen LogP contribution in [0.2, 0.25) is 0 Å². The van der Waals surface area contributed by atoms with Crippen molar-refractivity contribution in [2.75, 3.05) is 0 Å². The van der Waals surface area contributed by atoms with Crippen molar-refractivity contribution in [3.63, 3.8) is 0 Å². The van der Waals surface area contributed by atoms with Crippen molar-refractivity contribution in [1.29, 1.82) is 0 Å². The summed E-state index contributed by atoms with van der Waals surface area (Å²) in [5.74, 6) is 0. The van der Waals surface area contributed by atoms with Crippen LogP contribution < -0.4 is 0 Å². The van der Waals surface area contributed by atoms with Gasteiger partial charge in [0, 0.05) is 38.5 Å². The number of hydrogen-bond acceptors (Lipinski definition) is 0. The molecule has 0 unspecified atom stereocenters. The van der Waals surface area contributed by atoms with E-state index in [2.05, 4.69) is 203 Å². The fraction of sp³-hybridized carbons (Fsp3) is 0. The Balaban J connectivity index is 1.19. The molecule has 0 atom stereocenters. The van der Waals surface area contributed by atoms with Crippen molar-refractivity contribution in [2.45, 2.75) is 0 Å². The van der Waals surface area contributed by atoms with E-state index in [1.165, 1.54) is 77.0 Å². The Bertz CT molecular complexity index is 2840. The zero-order valence-corrected chi connectivity index (χ0v) is 27.4. The Morgan fingerprint density at radius 2 is 0.780 bits per heavy atom. The van der Waals surface area contributed by atoms with Crippen molar-refractivity contribution >= 4 is 43.6 Å². The van der Waals surface area contributed by atoms with E-state index in [1.54, 1.807) is 0 Å². The van der Waals surface area contributed by atoms with Crippen molar-refractivity contribution in [2.24, 2.45) is 0 Å². The first kappa shape index (κ1) is 28.4. The lowest BCUT2D eigenvalue weighted by Crippen LogP contribution is -1.96. The second kappa shape index (κ2) is 11.5. The molecular weight excluding hydrogens is 605 g/mol. The third-order valence-electron chi connectivity index (χ3n) is 10.1. The van der Waals surface area contributed by atoms with Crippen LogP contribution in [0, 0.1) is 0 Å². The summed E-state index contributed by atoms with van der Waals surface area (Å²) in [6.07, 6.45) is 0. The van der Waals surface area contributed by atoms with Gasteiger partial charge in [-0.2, -0.15) is 0 Å². The van der Waals surface area contributed by atoms with Crippen LogP contribution in [0.5, 0.6) is 0 Å². The molecule has 0 saturated carbocycles. The Morgan fingerprint density at radius 1 is 0.280 bits per heavy atom. The molecule has 234 valence electrons. The predicted octanol–water partition coefficient (Wildman–Crippen LogP) is 12.9. The van der Waals surface area contributed by atoms with Gasteiger partial charge in [-0.1, -0.05) is 152 Å². The molecule has 0 saturated heterocycles. The maximum atomic E-state index is 2.44. The van der Waals surface area contributed by atoms with Crippen LogP contribution in [0.3, 0.4) is 0 Å². The average molecular weight is 637 g/mol. The Morgan fingerprint density at radius 3 is 1.56 bits per heavy atom. The average Bonchev–Trinajstić information content (AvgIpc) is 3.72. The zero-order chi connectivity index (χ0) is 33.0. The van der Waals surface area contributed by atoms with Gasteiger partial charge < -0.3 is 9.13 Å². The maximum absolute atomic E-state index is 2.44. The van der Waals surface area contributed by atoms with Crippen LogP contribution >= 0.6 is 0 Å². The van der Waals surface area contributed by atoms with Gasteiger partial charge in [0.25, 0.3) is 0 Å². The van der Waals surface area contributed by atoms with E-state index in [0.717, 1.165) is 11.4 Å². The number of para-hydroxylation sites is 4. The third-order valence-corrected chi connectivity index (χ3v) is 10.1. The van der Waals surface area contributed by atoms with Gasteiger partial charge >= 0.3 is 0 Å². The van der Waals surface area contributed by atoms with Gasteiger partial charge in [0.05, 0.1) is 22.1 Å². The fourth-order valence-electron chi connectivity index (χ4n) is 7.91. The van der Waals surface area contributed by atoms with E-state index in [9.17, 15) is 0 Å². The topological polar surface area (TPSA) is 9.86 Å². The van der Waals surface area contributed by atoms with Gasteiger partial charge in [0.15, 0.2) is 0 Å². The van der Waals surface area contributed by atoms with E-state index in [4.69, 9.17) is 0 Å². The lowest BCUT2D eigenvalue weighted by atomic mass is 9.97. The maximum Gasteiger partial charge on any atom is 0.0619 e. The summed E-state index contributed by atoms with van der Waals surface area (Å²) in [4.78, 5) is 0. The van der Waals surface area contributed by atoms with Crippen LogP contribution in [0.4, 0.5) is 0 Å². The number of rotatable bonds is 5. The molecule has 8 aromatic carbocycles. The molecule has 0 N–H and O–H groups in total. The monoisotopic (exact) mass is 636 g/mol. The highest BCUT2D eigenvalue weighted by molar-refractivity contribution is 6.20. The van der Waals surface area contributed by atoms with Gasteiger partial charge in [-0.05, 0) is 70.3 Å². The number of aromatic nitrogens is 2. The van der Waals surface area contributed by atoms with Gasteiger partial charge in [-0.15, -0.1) is 0 Å². The van der Waals surface area contributed by atoms with E-state index in [1.807, 2.05) is 0 Å². The minimum atomic E-state index is 1.15. The Labute approximate surface area is 290 Å². The number of hydrogen-bond donors (Lipinski definition) is 0. The molecule has 2 aromatic heterocycles. The van der Waals surface area contributed by atoms with Gasteiger partial charge in [0.2, 0.25) is 0 Å². The van der Waals surface area contributed by atoms with E-state index < -0.39 is 0 Å². The Hall–Kier alpha value is -6.64. The number of benzene rings is 8. The molecule has 0 spiro atoms. The minimum Gasteiger partial charge on any atom is -0.309 e. The third kappa shape index (κ3) is 4.43. The summed E-state index contributed by atoms with van der Waals surface area (Å²) >= 11 is 0. The second-order valence-corrected chi connectivity index (χ2v) is 12.9. The molecule has 2 heterocycles. The second-order valence-electron chi connectivity index (χ2n) is 12.9. The largest absolute Gasteiger partial charge is 0.309 e. The lowest BCUT2D eigenvalue weighted by molar-refractivity contribution is 1.18. The van der Waals surface area contributed by atoms with Gasteiger partial charge in [-0.25, -0.2) is 0 Å². The predicted molar refractivity (Wildman–Crippen MR) is 211 cm³/mol. The van der Waals surface area contributed by atoms with E-state index >= 15 is 0 Å². The highest BCUT2D eigenvalue weighted by Crippen LogP contribution is 2.43. The Kier molecular flexibility index (Phi) is 6.53. The molecule has 2 heteroatoms. The lowest BCUT2D eigenvalue weighted by Gasteiger charge is -2.13. The quantitative estimate of drug-likeness (QED) is 0.178. The number of fused-ring (bicyclic) bond motifs is 6. The van der Waals surface area contributed by atoms with Crippen LogP contribution in [0.25, 0.3) is 88.4 Å². The normalized spacial score (nSPS) is 11.6. The highest BCUT2D eigenvalue weighted by Gasteiger charge is 2.21. The first-order chi connectivity index (χ1) is 24.8. The molecule has 10 aromatic rings. The molecule has 0 aliphatic carbocycles. The smallest absolute Gasteiger partial charge is 0.0619 e. The summed E-state index contributed by atoms with van der Waals surface area (Å²) in [5, 5.41) is 5.03. The van der Waals surface area contributed by atoms with Crippen molar-refractivity contribution in [3.05, 3.63) is 194 Å². The van der Waals surface area contributed by atoms with Gasteiger partial charge in [0.1, 0.15) is 0 Å². The molecule has 50 heavy (non-hydrogen) atoms. The van der Waals surface area contributed by atoms with E-state index in [0.29, 0.717) is 0 Å². The molecule has 2 nitrogen and oxygen atoms in total. The van der Waals surface area contributed by atoms with E-state index in [-0.39, 0.29) is 0 Å². The molecule has 10 rings (SSSR count). The SMILES string of the molecule is c1ccc(-c2ccc(-c3cccc(-n4c5ccccc5c5c(-c6cccc7c8ccccc8n(-c8ccccc8)c67)cccc54)c3)cc2)cc1. The molecule has 0 amide bonds. The first-order valence-corrected chi connectivity index (χ1v) is 17.2. The summed E-state index contributed by atoms with van der Waals surface area (Å²) in [6, 6.07) is 70.3. The molecule has 0 radical (unpaired) electrons. The minimum absolute atomic E-state index is 1.15. The van der Waals surface area contributed by atoms with Crippen LogP contribution in [0.15, 0.2) is 194 Å². The highest BCUT2D eigenvalue weighted by atomic mass is 15.0. The molecular formula is C48H32N2. The molecule has 0 aliphatic heterocycles. The van der Waals surface area contributed by atoms with Gasteiger partial charge in [-0.3, -0.25) is 0 Å². The number of nitrogens with zero attached hydrogens (tertiary/aromatic N) is 2. The molecule has 0 fully saturated rings. The summed E-state index contributed by atoms with van der Waals surface area (Å²) in [7, 11) is 0. The fourth-order valence-corrected chi connectivity index (χ4v) is 7.91. The standard InChI is InChI=1S/C48H32N2/c1-3-14-33(15-4-1)34-28-30-35(31-29-34)36-16-11-19-38(32-36)49-45-26-10-8-21-43(45)47-40(22-13-27-46(47)49)42-24-12-23-41-39-20-7-9-25-44(39)50(48(41)42)37-17-5-2-6-18-37/h1-32H. The van der Waals surface area contributed by atoms with Crippen LogP contribution in [-0.4, -0.2) is 9.13 Å².